The maximum atomic E-state index is 14.0. The lowest BCUT2D eigenvalue weighted by molar-refractivity contribution is 0.216. The summed E-state index contributed by atoms with van der Waals surface area (Å²) in [5.74, 6) is 0.228. The highest BCUT2D eigenvalue weighted by molar-refractivity contribution is 5.61. The fourth-order valence-electron chi connectivity index (χ4n) is 4.72. The van der Waals surface area contributed by atoms with E-state index < -0.39 is 6.17 Å². The van der Waals surface area contributed by atoms with E-state index in [4.69, 9.17) is 4.99 Å². The summed E-state index contributed by atoms with van der Waals surface area (Å²) in [4.78, 5) is 20.8. The van der Waals surface area contributed by atoms with E-state index in [1.807, 2.05) is 4.90 Å². The van der Waals surface area contributed by atoms with Gasteiger partial charge >= 0.3 is 0 Å². The van der Waals surface area contributed by atoms with Gasteiger partial charge < -0.3 is 20.0 Å². The van der Waals surface area contributed by atoms with E-state index in [1.165, 1.54) is 6.07 Å². The largest absolute Gasteiger partial charge is 0.494 e. The monoisotopic (exact) mass is 456 g/mol. The number of halogens is 1. The lowest BCUT2D eigenvalue weighted by Gasteiger charge is -2.30. The second-order valence-electron chi connectivity index (χ2n) is 9.15. The number of aromatic amines is 1. The number of fused-ring (bicyclic) bond motifs is 1. The van der Waals surface area contributed by atoms with E-state index in [1.54, 1.807) is 16.8 Å². The van der Waals surface area contributed by atoms with Crippen LogP contribution in [0.5, 0.6) is 11.8 Å². The molecule has 0 radical (unpaired) electrons. The number of nitrogens with one attached hydrogen (secondary N) is 1. The quantitative estimate of drug-likeness (QED) is 0.530. The number of anilines is 1. The third-order valence-corrected chi connectivity index (χ3v) is 6.60. The van der Waals surface area contributed by atoms with E-state index in [-0.39, 0.29) is 24.3 Å². The topological polar surface area (TPSA) is 118 Å². The summed E-state index contributed by atoms with van der Waals surface area (Å²) in [6.45, 7) is 0.802. The fourth-order valence-corrected chi connectivity index (χ4v) is 4.72. The van der Waals surface area contributed by atoms with Gasteiger partial charge in [-0.05, 0) is 52.3 Å². The molecular formula is C22H29FN8O2. The Balaban J connectivity index is 1.59. The molecule has 5 rings (SSSR count). The van der Waals surface area contributed by atoms with Crippen molar-refractivity contribution in [3.63, 3.8) is 0 Å². The van der Waals surface area contributed by atoms with Crippen molar-refractivity contribution in [2.24, 2.45) is 4.99 Å². The first-order chi connectivity index (χ1) is 15.9. The highest BCUT2D eigenvalue weighted by atomic mass is 19.1. The molecule has 4 heterocycles. The first-order valence-electron chi connectivity index (χ1n) is 11.3. The molecule has 1 aliphatic heterocycles. The number of nitrogens with zero attached hydrogens (tertiary/aromatic N) is 7. The van der Waals surface area contributed by atoms with Crippen LogP contribution in [0.1, 0.15) is 37.7 Å². The summed E-state index contributed by atoms with van der Waals surface area (Å²) < 4.78 is 15.6. The predicted molar refractivity (Wildman–Crippen MR) is 121 cm³/mol. The van der Waals surface area contributed by atoms with Gasteiger partial charge in [0, 0.05) is 29.4 Å². The summed E-state index contributed by atoms with van der Waals surface area (Å²) in [6, 6.07) is 2.14. The standard InChI is InChI=1S/C22H29FN8O2/c1-29(2)17-5-3-16(4-6-17)25-21-27-19-14(9-13-10-18(32)26-20(13)33)11-24-31(19)22(28-21)30-8-7-15(23)12-30/h9-11,15-17,26,32-33H,3-8,12H2,1-2H3. The Morgan fingerprint density at radius 3 is 2.61 bits per heavy atom. The van der Waals surface area contributed by atoms with Crippen molar-refractivity contribution in [1.29, 1.82) is 0 Å². The van der Waals surface area contributed by atoms with Gasteiger partial charge in [0.25, 0.3) is 0 Å². The minimum Gasteiger partial charge on any atom is -0.494 e. The van der Waals surface area contributed by atoms with Gasteiger partial charge in [0.15, 0.2) is 17.4 Å². The van der Waals surface area contributed by atoms with Gasteiger partial charge in [0.05, 0.1) is 18.8 Å². The number of hydrogen-bond donors (Lipinski definition) is 3. The van der Waals surface area contributed by atoms with E-state index >= 15 is 0 Å². The molecule has 0 spiro atoms. The first-order valence-corrected chi connectivity index (χ1v) is 11.3. The Labute approximate surface area is 190 Å². The third kappa shape index (κ3) is 4.37. The lowest BCUT2D eigenvalue weighted by atomic mass is 9.91. The van der Waals surface area contributed by atoms with Crippen LogP contribution in [0.3, 0.4) is 0 Å². The molecule has 1 saturated carbocycles. The number of aromatic hydroxyl groups is 2. The average molecular weight is 457 g/mol. The Hall–Kier alpha value is -3.21. The summed E-state index contributed by atoms with van der Waals surface area (Å²) in [7, 11) is 4.22. The maximum Gasteiger partial charge on any atom is 0.250 e. The van der Waals surface area contributed by atoms with Gasteiger partial charge in [-0.1, -0.05) is 0 Å². The van der Waals surface area contributed by atoms with Crippen molar-refractivity contribution in [3.05, 3.63) is 28.7 Å². The predicted octanol–water partition coefficient (Wildman–Crippen LogP) is 0.733. The fraction of sp³-hybridized carbons (Fsp3) is 0.545. The van der Waals surface area contributed by atoms with Crippen LogP contribution in [0.4, 0.5) is 10.3 Å². The molecular weight excluding hydrogens is 427 g/mol. The molecule has 1 aliphatic carbocycles. The van der Waals surface area contributed by atoms with Crippen LogP contribution in [0.25, 0.3) is 11.7 Å². The smallest absolute Gasteiger partial charge is 0.250 e. The second kappa shape index (κ2) is 8.62. The molecule has 0 bridgehead atoms. The zero-order chi connectivity index (χ0) is 23.1. The lowest BCUT2D eigenvalue weighted by Crippen LogP contribution is -2.34. The van der Waals surface area contributed by atoms with Crippen LogP contribution < -0.4 is 15.7 Å². The zero-order valence-electron chi connectivity index (χ0n) is 18.8. The van der Waals surface area contributed by atoms with Crippen LogP contribution in [-0.2, 0) is 0 Å². The SMILES string of the molecule is CN(C)C1CCC(N=c2nc(N3CCC(F)C3)n3ncc(=Cc4cc(O)[nH]c4O)c3n2)CC1. The molecule has 2 aliphatic rings. The maximum absolute atomic E-state index is 14.0. The molecule has 1 atom stereocenters. The zero-order valence-corrected chi connectivity index (χ0v) is 18.8. The Kier molecular flexibility index (Phi) is 5.65. The van der Waals surface area contributed by atoms with Crippen LogP contribution in [0.15, 0.2) is 17.3 Å². The molecule has 3 N–H and O–H groups in total. The van der Waals surface area contributed by atoms with Gasteiger partial charge in [-0.25, -0.2) is 9.38 Å². The molecule has 1 saturated heterocycles. The molecule has 3 aromatic rings. The number of H-pyrrole nitrogens is 1. The summed E-state index contributed by atoms with van der Waals surface area (Å²) in [5, 5.41) is 24.7. The molecule has 2 fully saturated rings. The van der Waals surface area contributed by atoms with Crippen molar-refractivity contribution < 1.29 is 14.6 Å². The van der Waals surface area contributed by atoms with Crippen molar-refractivity contribution in [2.75, 3.05) is 32.1 Å². The molecule has 176 valence electrons. The van der Waals surface area contributed by atoms with E-state index in [0.29, 0.717) is 47.0 Å². The van der Waals surface area contributed by atoms with Crippen LogP contribution in [0.2, 0.25) is 0 Å². The Bertz CT molecular complexity index is 1260. The average Bonchev–Trinajstić information content (AvgIpc) is 3.47. The number of hydrogen-bond acceptors (Lipinski definition) is 8. The summed E-state index contributed by atoms with van der Waals surface area (Å²) in [5.41, 5.74) is 1.29. The van der Waals surface area contributed by atoms with Crippen molar-refractivity contribution >= 4 is 17.7 Å². The van der Waals surface area contributed by atoms with Crippen molar-refractivity contribution in [1.82, 2.24) is 29.5 Å². The van der Waals surface area contributed by atoms with Gasteiger partial charge in [-0.3, -0.25) is 4.98 Å². The molecule has 10 nitrogen and oxygen atoms in total. The number of rotatable bonds is 4. The highest BCUT2D eigenvalue weighted by Crippen LogP contribution is 2.24. The summed E-state index contributed by atoms with van der Waals surface area (Å²) >= 11 is 0. The second-order valence-corrected chi connectivity index (χ2v) is 9.15. The normalized spacial score (nSPS) is 25.1. The minimum atomic E-state index is -0.905. The van der Waals surface area contributed by atoms with Crippen LogP contribution in [0, 0.1) is 0 Å². The first kappa shape index (κ1) is 21.6. The van der Waals surface area contributed by atoms with Gasteiger partial charge in [0.2, 0.25) is 11.6 Å². The number of aromatic nitrogens is 5. The highest BCUT2D eigenvalue weighted by Gasteiger charge is 2.26. The Morgan fingerprint density at radius 2 is 1.97 bits per heavy atom. The van der Waals surface area contributed by atoms with E-state index in [9.17, 15) is 14.6 Å². The molecule has 1 unspecified atom stereocenters. The Morgan fingerprint density at radius 1 is 1.18 bits per heavy atom. The van der Waals surface area contributed by atoms with Crippen LogP contribution >= 0.6 is 0 Å². The molecule has 0 aromatic carbocycles. The molecule has 0 amide bonds. The van der Waals surface area contributed by atoms with Gasteiger partial charge in [-0.2, -0.15) is 19.6 Å². The van der Waals surface area contributed by atoms with Gasteiger partial charge in [-0.15, -0.1) is 0 Å². The third-order valence-electron chi connectivity index (χ3n) is 6.60. The molecule has 33 heavy (non-hydrogen) atoms. The summed E-state index contributed by atoms with van der Waals surface area (Å²) in [6.07, 6.45) is 6.93. The van der Waals surface area contributed by atoms with Gasteiger partial charge in [0.1, 0.15) is 6.17 Å². The minimum absolute atomic E-state index is 0.138. The van der Waals surface area contributed by atoms with Crippen molar-refractivity contribution in [3.8, 4) is 11.8 Å². The van der Waals surface area contributed by atoms with Crippen LogP contribution in [-0.4, -0.2) is 85.1 Å². The molecule has 11 heteroatoms. The van der Waals surface area contributed by atoms with E-state index in [0.717, 1.165) is 25.7 Å². The molecule has 3 aromatic heterocycles. The number of alkyl halides is 1. The van der Waals surface area contributed by atoms with E-state index in [2.05, 4.69) is 39.0 Å². The van der Waals surface area contributed by atoms with Crippen molar-refractivity contribution in [2.45, 2.75) is 50.4 Å².